The minimum Gasteiger partial charge on any atom is -0.394 e. The molecule has 15 heavy (non-hydrogen) atoms. The van der Waals surface area contributed by atoms with Crippen molar-refractivity contribution in [2.24, 2.45) is 0 Å². The van der Waals surface area contributed by atoms with Crippen molar-refractivity contribution in [2.45, 2.75) is 25.4 Å². The van der Waals surface area contributed by atoms with Crippen molar-refractivity contribution in [2.75, 3.05) is 13.2 Å². The van der Waals surface area contributed by atoms with Gasteiger partial charge in [0, 0.05) is 6.04 Å². The van der Waals surface area contributed by atoms with Crippen molar-refractivity contribution in [3.63, 3.8) is 0 Å². The fourth-order valence-corrected chi connectivity index (χ4v) is 1.49. The van der Waals surface area contributed by atoms with Gasteiger partial charge in [-0.3, -0.25) is 0 Å². The molecule has 3 nitrogen and oxygen atoms in total. The smallest absolute Gasteiger partial charge is 0.0633 e. The van der Waals surface area contributed by atoms with Crippen LogP contribution >= 0.6 is 0 Å². The molecule has 0 radical (unpaired) electrons. The summed E-state index contributed by atoms with van der Waals surface area (Å²) in [6, 6.07) is 10.1. The quantitative estimate of drug-likeness (QED) is 0.680. The molecule has 0 heterocycles. The molecule has 0 aliphatic carbocycles. The molecule has 1 aromatic carbocycles. The Morgan fingerprint density at radius 2 is 1.73 bits per heavy atom. The van der Waals surface area contributed by atoms with Crippen LogP contribution in [0, 0.1) is 0 Å². The number of aliphatic hydroxyl groups excluding tert-OH is 2. The number of hydrogen-bond acceptors (Lipinski definition) is 3. The van der Waals surface area contributed by atoms with Crippen LogP contribution in [0.5, 0.6) is 0 Å². The van der Waals surface area contributed by atoms with Crippen LogP contribution in [0.1, 0.15) is 25.5 Å². The van der Waals surface area contributed by atoms with E-state index in [0.29, 0.717) is 0 Å². The minimum atomic E-state index is -0.630. The Hall–Kier alpha value is -0.900. The summed E-state index contributed by atoms with van der Waals surface area (Å²) in [6.45, 7) is 3.65. The zero-order valence-corrected chi connectivity index (χ0v) is 9.27. The molecule has 3 heteroatoms. The summed E-state index contributed by atoms with van der Waals surface area (Å²) in [4.78, 5) is 0. The van der Waals surface area contributed by atoms with Crippen LogP contribution in [-0.2, 0) is 0 Å². The summed E-state index contributed by atoms with van der Waals surface area (Å²) in [6.07, 6.45) is 0. The molecule has 0 fully saturated rings. The van der Waals surface area contributed by atoms with Gasteiger partial charge in [0.2, 0.25) is 0 Å². The molecule has 3 N–H and O–H groups in total. The van der Waals surface area contributed by atoms with Gasteiger partial charge in [-0.2, -0.15) is 0 Å². The molecule has 0 spiro atoms. The Labute approximate surface area is 90.8 Å². The Morgan fingerprint density at radius 3 is 2.20 bits per heavy atom. The number of aliphatic hydroxyl groups is 2. The predicted octanol–water partition coefficient (Wildman–Crippen LogP) is 1.08. The topological polar surface area (TPSA) is 52.5 Å². The lowest BCUT2D eigenvalue weighted by molar-refractivity contribution is 0.0957. The van der Waals surface area contributed by atoms with E-state index >= 15 is 0 Å². The summed E-state index contributed by atoms with van der Waals surface area (Å²) in [7, 11) is 0. The minimum absolute atomic E-state index is 0.0827. The molecule has 0 aliphatic rings. The number of nitrogens with one attached hydrogen (secondary N) is 1. The Balaban J connectivity index is 2.67. The summed E-state index contributed by atoms with van der Waals surface area (Å²) in [5.41, 5.74) is 0.514. The molecular formula is C12H19NO2. The highest BCUT2D eigenvalue weighted by molar-refractivity contribution is 5.18. The van der Waals surface area contributed by atoms with Gasteiger partial charge in [0.1, 0.15) is 0 Å². The lowest BCUT2D eigenvalue weighted by Gasteiger charge is -2.30. The first-order valence-electron chi connectivity index (χ1n) is 5.15. The second-order valence-corrected chi connectivity index (χ2v) is 4.15. The van der Waals surface area contributed by atoms with E-state index in [1.54, 1.807) is 6.92 Å². The van der Waals surface area contributed by atoms with Gasteiger partial charge in [0.15, 0.2) is 0 Å². The summed E-state index contributed by atoms with van der Waals surface area (Å²) >= 11 is 0. The van der Waals surface area contributed by atoms with Crippen LogP contribution in [0.4, 0.5) is 0 Å². The average Bonchev–Trinajstić information content (AvgIpc) is 2.30. The largest absolute Gasteiger partial charge is 0.394 e. The van der Waals surface area contributed by atoms with E-state index in [1.807, 2.05) is 37.3 Å². The first-order chi connectivity index (χ1) is 7.11. The normalized spacial score (nSPS) is 13.9. The van der Waals surface area contributed by atoms with E-state index < -0.39 is 5.54 Å². The van der Waals surface area contributed by atoms with Gasteiger partial charge >= 0.3 is 0 Å². The predicted molar refractivity (Wildman–Crippen MR) is 60.6 cm³/mol. The lowest BCUT2D eigenvalue weighted by Crippen LogP contribution is -2.49. The number of rotatable bonds is 5. The molecule has 0 saturated heterocycles. The van der Waals surface area contributed by atoms with Gasteiger partial charge in [-0.15, -0.1) is 0 Å². The zero-order valence-electron chi connectivity index (χ0n) is 9.27. The maximum atomic E-state index is 9.16. The molecule has 0 saturated carbocycles. The molecule has 0 amide bonds. The van der Waals surface area contributed by atoms with Crippen LogP contribution in [-0.4, -0.2) is 29.0 Å². The van der Waals surface area contributed by atoms with Crippen LogP contribution < -0.4 is 5.32 Å². The molecule has 0 bridgehead atoms. The van der Waals surface area contributed by atoms with Gasteiger partial charge < -0.3 is 15.5 Å². The highest BCUT2D eigenvalue weighted by atomic mass is 16.3. The highest BCUT2D eigenvalue weighted by Gasteiger charge is 2.24. The monoisotopic (exact) mass is 209 g/mol. The zero-order chi connectivity index (χ0) is 11.3. The summed E-state index contributed by atoms with van der Waals surface area (Å²) in [5.74, 6) is 0. The van der Waals surface area contributed by atoms with Crippen molar-refractivity contribution < 1.29 is 10.2 Å². The third-order valence-corrected chi connectivity index (χ3v) is 2.56. The Kier molecular flexibility index (Phi) is 4.27. The van der Waals surface area contributed by atoms with Crippen LogP contribution in [0.25, 0.3) is 0 Å². The van der Waals surface area contributed by atoms with Crippen molar-refractivity contribution in [3.8, 4) is 0 Å². The second-order valence-electron chi connectivity index (χ2n) is 4.15. The highest BCUT2D eigenvalue weighted by Crippen LogP contribution is 2.15. The fourth-order valence-electron chi connectivity index (χ4n) is 1.49. The maximum Gasteiger partial charge on any atom is 0.0633 e. The summed E-state index contributed by atoms with van der Waals surface area (Å²) < 4.78 is 0. The Morgan fingerprint density at radius 1 is 1.20 bits per heavy atom. The molecule has 84 valence electrons. The van der Waals surface area contributed by atoms with Gasteiger partial charge in [0.25, 0.3) is 0 Å². The fraction of sp³-hybridized carbons (Fsp3) is 0.500. The van der Waals surface area contributed by atoms with E-state index in [9.17, 15) is 0 Å². The van der Waals surface area contributed by atoms with Crippen molar-refractivity contribution in [1.29, 1.82) is 0 Å². The summed E-state index contributed by atoms with van der Waals surface area (Å²) in [5, 5.41) is 21.5. The van der Waals surface area contributed by atoms with Crippen molar-refractivity contribution in [3.05, 3.63) is 35.9 Å². The van der Waals surface area contributed by atoms with E-state index in [0.717, 1.165) is 5.56 Å². The molecular weight excluding hydrogens is 190 g/mol. The first kappa shape index (κ1) is 12.2. The van der Waals surface area contributed by atoms with Gasteiger partial charge in [-0.1, -0.05) is 30.3 Å². The standard InChI is InChI=1S/C12H19NO2/c1-10(11-6-4-3-5-7-11)13-12(2,8-14)9-15/h3-7,10,13-15H,8-9H2,1-2H3/t10-/m0/s1. The number of hydrogen-bond donors (Lipinski definition) is 3. The Bertz CT molecular complexity index is 283. The lowest BCUT2D eigenvalue weighted by atomic mass is 10.0. The molecule has 1 aromatic rings. The maximum absolute atomic E-state index is 9.16. The molecule has 0 aliphatic heterocycles. The van der Waals surface area contributed by atoms with Crippen molar-refractivity contribution >= 4 is 0 Å². The van der Waals surface area contributed by atoms with Crippen LogP contribution in [0.3, 0.4) is 0 Å². The third kappa shape index (κ3) is 3.30. The van der Waals surface area contributed by atoms with Gasteiger partial charge in [-0.25, -0.2) is 0 Å². The van der Waals surface area contributed by atoms with Crippen LogP contribution in [0.15, 0.2) is 30.3 Å². The van der Waals surface area contributed by atoms with E-state index in [-0.39, 0.29) is 19.3 Å². The van der Waals surface area contributed by atoms with E-state index in [2.05, 4.69) is 5.32 Å². The average molecular weight is 209 g/mol. The number of benzene rings is 1. The molecule has 0 aromatic heterocycles. The first-order valence-corrected chi connectivity index (χ1v) is 5.15. The van der Waals surface area contributed by atoms with E-state index in [4.69, 9.17) is 10.2 Å². The SMILES string of the molecule is C[C@H](NC(C)(CO)CO)c1ccccc1. The van der Waals surface area contributed by atoms with Crippen molar-refractivity contribution in [1.82, 2.24) is 5.32 Å². The second kappa shape index (κ2) is 5.26. The molecule has 0 unspecified atom stereocenters. The van der Waals surface area contributed by atoms with Gasteiger partial charge in [0.05, 0.1) is 18.8 Å². The third-order valence-electron chi connectivity index (χ3n) is 2.56. The molecule has 1 atom stereocenters. The van der Waals surface area contributed by atoms with E-state index in [1.165, 1.54) is 0 Å². The molecule has 1 rings (SSSR count). The van der Waals surface area contributed by atoms with Gasteiger partial charge in [-0.05, 0) is 19.4 Å². The van der Waals surface area contributed by atoms with Crippen LogP contribution in [0.2, 0.25) is 0 Å².